The van der Waals surface area contributed by atoms with Crippen molar-refractivity contribution < 1.29 is 57.5 Å². The molecule has 0 aromatic rings. The number of aliphatic hydroxyl groups is 4. The van der Waals surface area contributed by atoms with Crippen LogP contribution in [0.25, 0.3) is 0 Å². The summed E-state index contributed by atoms with van der Waals surface area (Å²) in [5.41, 5.74) is 0. The molecule has 20 heavy (non-hydrogen) atoms. The number of carbonyl (C=O) groups excluding carboxylic acids is 1. The van der Waals surface area contributed by atoms with Gasteiger partial charge in [-0.1, -0.05) is 0 Å². The monoisotopic (exact) mass is 467 g/mol. The molecule has 0 saturated carbocycles. The maximum Gasteiger partial charge on any atom is 0.310 e. The fraction of sp³-hybridized carbons (Fsp3) is 0.833. The van der Waals surface area contributed by atoms with Gasteiger partial charge in [0, 0.05) is 48.8 Å². The van der Waals surface area contributed by atoms with Crippen LogP contribution in [0.3, 0.4) is 0 Å². The van der Waals surface area contributed by atoms with Crippen molar-refractivity contribution in [2.75, 3.05) is 26.4 Å². The molecule has 8 heteroatoms. The summed E-state index contributed by atoms with van der Waals surface area (Å²) in [5.74, 6) is -1.37. The number of carbonyl (C=O) groups is 2. The Morgan fingerprint density at radius 2 is 0.900 bits per heavy atom. The minimum atomic E-state index is -1.06. The standard InChI is InChI=1S/C4H6O3.4C2H6O.Ta/c1-3(5)2-4(6)7;4*1-2-3;/h2H2,1H3,(H,6,7);4*3H,2H2,1H3;. The molecule has 0 aromatic heterocycles. The van der Waals surface area contributed by atoms with Crippen LogP contribution in [0.5, 0.6) is 0 Å². The summed E-state index contributed by atoms with van der Waals surface area (Å²) >= 11 is 0. The Kier molecular flexibility index (Phi) is 93.9. The van der Waals surface area contributed by atoms with E-state index in [0.717, 1.165) is 0 Å². The van der Waals surface area contributed by atoms with Crippen molar-refractivity contribution in [1.29, 1.82) is 0 Å². The van der Waals surface area contributed by atoms with Crippen LogP contribution in [0.15, 0.2) is 0 Å². The normalized spacial score (nSPS) is 6.45. The molecule has 0 aliphatic rings. The quantitative estimate of drug-likeness (QED) is 0.362. The molecular formula is C12H30O7Ta. The molecule has 0 bridgehead atoms. The van der Waals surface area contributed by atoms with Crippen molar-refractivity contribution in [2.24, 2.45) is 0 Å². The van der Waals surface area contributed by atoms with E-state index in [2.05, 4.69) is 0 Å². The Morgan fingerprint density at radius 3 is 0.900 bits per heavy atom. The molecule has 0 rings (SSSR count). The first-order chi connectivity index (χ1) is 8.78. The van der Waals surface area contributed by atoms with Crippen molar-refractivity contribution in [3.63, 3.8) is 0 Å². The van der Waals surface area contributed by atoms with Crippen LogP contribution in [0.1, 0.15) is 41.0 Å². The maximum atomic E-state index is 9.87. The third-order valence-electron chi connectivity index (χ3n) is 0.400. The zero-order valence-electron chi connectivity index (χ0n) is 13.0. The molecule has 0 unspecified atom stereocenters. The molecule has 0 fully saturated rings. The number of hydrogen-bond acceptors (Lipinski definition) is 6. The van der Waals surface area contributed by atoms with E-state index < -0.39 is 5.97 Å². The largest absolute Gasteiger partial charge is 0.481 e. The molecule has 0 aliphatic carbocycles. The van der Waals surface area contributed by atoms with E-state index in [1.807, 2.05) is 0 Å². The van der Waals surface area contributed by atoms with Gasteiger partial charge >= 0.3 is 5.97 Å². The summed E-state index contributed by atoms with van der Waals surface area (Å²) in [5, 5.41) is 38.1. The van der Waals surface area contributed by atoms with E-state index in [9.17, 15) is 9.59 Å². The number of carboxylic acid groups (broad SMARTS) is 1. The predicted molar refractivity (Wildman–Crippen MR) is 74.0 cm³/mol. The maximum absolute atomic E-state index is 9.87. The fourth-order valence-corrected chi connectivity index (χ4v) is 0.213. The number of aliphatic carboxylic acids is 1. The van der Waals surface area contributed by atoms with Gasteiger partial charge in [0.05, 0.1) is 0 Å². The van der Waals surface area contributed by atoms with Crippen LogP contribution in [-0.4, -0.2) is 63.7 Å². The van der Waals surface area contributed by atoms with Gasteiger partial charge in [-0.3, -0.25) is 9.59 Å². The molecule has 0 amide bonds. The molecule has 1 radical (unpaired) electrons. The SMILES string of the molecule is CC(=O)CC(=O)O.CCO.CCO.CCO.CCO.[Ta]. The van der Waals surface area contributed by atoms with Gasteiger partial charge in [-0.05, 0) is 34.6 Å². The van der Waals surface area contributed by atoms with Gasteiger partial charge in [-0.25, -0.2) is 0 Å². The molecule has 7 nitrogen and oxygen atoms in total. The fourth-order valence-electron chi connectivity index (χ4n) is 0.213. The van der Waals surface area contributed by atoms with E-state index in [0.29, 0.717) is 0 Å². The molecule has 0 aromatic carbocycles. The Bertz CT molecular complexity index is 135. The summed E-state index contributed by atoms with van der Waals surface area (Å²) in [4.78, 5) is 19.5. The topological polar surface area (TPSA) is 135 Å². The Morgan fingerprint density at radius 1 is 0.750 bits per heavy atom. The summed E-state index contributed by atoms with van der Waals surface area (Å²) in [7, 11) is 0. The minimum Gasteiger partial charge on any atom is -0.481 e. The molecule has 125 valence electrons. The van der Waals surface area contributed by atoms with E-state index in [4.69, 9.17) is 25.5 Å². The number of hydrogen-bond donors (Lipinski definition) is 5. The van der Waals surface area contributed by atoms with Crippen LogP contribution in [0.2, 0.25) is 0 Å². The molecule has 0 saturated heterocycles. The van der Waals surface area contributed by atoms with Crippen molar-refractivity contribution in [1.82, 2.24) is 0 Å². The van der Waals surface area contributed by atoms with Crippen LogP contribution >= 0.6 is 0 Å². The third-order valence-corrected chi connectivity index (χ3v) is 0.400. The molecule has 5 N–H and O–H groups in total. The van der Waals surface area contributed by atoms with E-state index in [1.54, 1.807) is 27.7 Å². The molecular weight excluding hydrogens is 437 g/mol. The number of carboxylic acids is 1. The summed E-state index contributed by atoms with van der Waals surface area (Å²) in [6.45, 7) is 8.97. The first-order valence-corrected chi connectivity index (χ1v) is 5.93. The van der Waals surface area contributed by atoms with Gasteiger partial charge in [-0.2, -0.15) is 0 Å². The number of Topliss-reactive ketones (excluding diaryl/α,β-unsaturated/α-hetero) is 1. The first kappa shape index (κ1) is 36.7. The predicted octanol–water partition coefficient (Wildman–Crippen LogP) is 0.0420. The van der Waals surface area contributed by atoms with Gasteiger partial charge in [0.15, 0.2) is 0 Å². The average molecular weight is 467 g/mol. The molecule has 0 aliphatic heterocycles. The minimum absolute atomic E-state index is 0. The van der Waals surface area contributed by atoms with Gasteiger partial charge in [0.1, 0.15) is 12.2 Å². The van der Waals surface area contributed by atoms with Crippen LogP contribution < -0.4 is 0 Å². The van der Waals surface area contributed by atoms with E-state index in [-0.39, 0.29) is 61.0 Å². The van der Waals surface area contributed by atoms with Crippen molar-refractivity contribution >= 4 is 11.8 Å². The van der Waals surface area contributed by atoms with Crippen LogP contribution in [0.4, 0.5) is 0 Å². The van der Waals surface area contributed by atoms with Crippen molar-refractivity contribution in [3.8, 4) is 0 Å². The zero-order valence-corrected chi connectivity index (χ0v) is 16.2. The Labute approximate surface area is 137 Å². The van der Waals surface area contributed by atoms with Gasteiger partial charge in [0.25, 0.3) is 0 Å². The molecule has 0 atom stereocenters. The van der Waals surface area contributed by atoms with Crippen molar-refractivity contribution in [2.45, 2.75) is 41.0 Å². The summed E-state index contributed by atoms with van der Waals surface area (Å²) in [6, 6.07) is 0. The average Bonchev–Trinajstić information content (AvgIpc) is 2.19. The second-order valence-corrected chi connectivity index (χ2v) is 2.54. The van der Waals surface area contributed by atoms with Gasteiger partial charge in [0.2, 0.25) is 0 Å². The first-order valence-electron chi connectivity index (χ1n) is 5.93. The third kappa shape index (κ3) is 358. The summed E-state index contributed by atoms with van der Waals surface area (Å²) < 4.78 is 0. The zero-order chi connectivity index (χ0) is 16.7. The van der Waals surface area contributed by atoms with Crippen LogP contribution in [-0.2, 0) is 32.0 Å². The Balaban J connectivity index is -0.0000000326. The molecule has 0 spiro atoms. The summed E-state index contributed by atoms with van der Waals surface area (Å²) in [6.07, 6.45) is -0.361. The Hall–Kier alpha value is -0.280. The van der Waals surface area contributed by atoms with Crippen molar-refractivity contribution in [3.05, 3.63) is 0 Å². The van der Waals surface area contributed by atoms with Crippen LogP contribution in [0, 0.1) is 0 Å². The number of ketones is 1. The number of aliphatic hydroxyl groups excluding tert-OH is 4. The van der Waals surface area contributed by atoms with Gasteiger partial charge in [-0.15, -0.1) is 0 Å². The smallest absolute Gasteiger partial charge is 0.310 e. The molecule has 0 heterocycles. The number of rotatable bonds is 2. The van der Waals surface area contributed by atoms with E-state index >= 15 is 0 Å². The second kappa shape index (κ2) is 51.1. The second-order valence-electron chi connectivity index (χ2n) is 2.54. The van der Waals surface area contributed by atoms with E-state index in [1.165, 1.54) is 6.92 Å². The van der Waals surface area contributed by atoms with Gasteiger partial charge < -0.3 is 25.5 Å².